The number of benzene rings is 1. The maximum Gasteiger partial charge on any atom is 0.350 e. The predicted octanol–water partition coefficient (Wildman–Crippen LogP) is 0.328. The standard InChI is InChI=1S/C10H15BNOP/c1-12-5-4-8-2-3-10-9(6-8)7-14-11(10)13/h2-3,6,12-14H,4-5,7H2,1H3. The van der Waals surface area contributed by atoms with Gasteiger partial charge in [0.05, 0.1) is 0 Å². The molecule has 0 bridgehead atoms. The van der Waals surface area contributed by atoms with Crippen molar-refractivity contribution >= 4 is 20.6 Å². The summed E-state index contributed by atoms with van der Waals surface area (Å²) in [5, 5.41) is 12.8. The molecule has 0 radical (unpaired) electrons. The SMILES string of the molecule is CNCCc1ccc2c(c1)CPB2O. The number of nitrogens with one attached hydrogen (secondary N) is 1. The zero-order valence-corrected chi connectivity index (χ0v) is 9.38. The lowest BCUT2D eigenvalue weighted by Crippen LogP contribution is -2.23. The molecule has 2 rings (SSSR count). The normalized spacial score (nSPS) is 16.3. The predicted molar refractivity (Wildman–Crippen MR) is 63.7 cm³/mol. The van der Waals surface area contributed by atoms with Gasteiger partial charge in [-0.25, -0.2) is 0 Å². The molecule has 0 fully saturated rings. The molecule has 1 aliphatic rings. The Morgan fingerprint density at radius 2 is 2.43 bits per heavy atom. The van der Waals surface area contributed by atoms with Crippen LogP contribution in [0.4, 0.5) is 0 Å². The minimum absolute atomic E-state index is 0.191. The van der Waals surface area contributed by atoms with Crippen LogP contribution in [0.2, 0.25) is 0 Å². The maximum absolute atomic E-state index is 9.65. The highest BCUT2D eigenvalue weighted by molar-refractivity contribution is 7.77. The van der Waals surface area contributed by atoms with Crippen molar-refractivity contribution in [1.29, 1.82) is 0 Å². The molecule has 1 unspecified atom stereocenters. The van der Waals surface area contributed by atoms with Crippen molar-refractivity contribution in [2.45, 2.75) is 12.6 Å². The van der Waals surface area contributed by atoms with E-state index in [2.05, 4.69) is 23.5 Å². The van der Waals surface area contributed by atoms with E-state index < -0.39 is 0 Å². The second kappa shape index (κ2) is 4.44. The summed E-state index contributed by atoms with van der Waals surface area (Å²) in [6.45, 7) is 0.826. The Bertz CT molecular complexity index is 332. The molecule has 0 aliphatic carbocycles. The number of hydrogen-bond acceptors (Lipinski definition) is 2. The van der Waals surface area contributed by atoms with Crippen molar-refractivity contribution in [3.05, 3.63) is 29.3 Å². The van der Waals surface area contributed by atoms with Crippen molar-refractivity contribution in [3.63, 3.8) is 0 Å². The summed E-state index contributed by atoms with van der Waals surface area (Å²) in [6, 6.07) is 6.47. The first-order valence-corrected chi connectivity index (χ1v) is 6.27. The fourth-order valence-electron chi connectivity index (χ4n) is 1.82. The third kappa shape index (κ3) is 2.00. The number of hydrogen-bond donors (Lipinski definition) is 2. The Hall–Kier alpha value is -0.365. The lowest BCUT2D eigenvalue weighted by molar-refractivity contribution is 0.608. The topological polar surface area (TPSA) is 32.3 Å². The molecular formula is C10H15BNOP. The van der Waals surface area contributed by atoms with Gasteiger partial charge in [0.25, 0.3) is 0 Å². The highest BCUT2D eigenvalue weighted by atomic mass is 31.1. The van der Waals surface area contributed by atoms with Crippen LogP contribution in [0.1, 0.15) is 11.1 Å². The summed E-state index contributed by atoms with van der Waals surface area (Å²) in [7, 11) is 2.63. The summed E-state index contributed by atoms with van der Waals surface area (Å²) in [6.07, 6.45) is 2.13. The second-order valence-corrected chi connectivity index (χ2v) is 4.98. The van der Waals surface area contributed by atoms with E-state index in [-0.39, 0.29) is 6.64 Å². The van der Waals surface area contributed by atoms with Crippen molar-refractivity contribution in [3.8, 4) is 0 Å². The fraction of sp³-hybridized carbons (Fsp3) is 0.400. The van der Waals surface area contributed by atoms with Gasteiger partial charge < -0.3 is 10.3 Å². The molecular weight excluding hydrogens is 192 g/mol. The average Bonchev–Trinajstić information content (AvgIpc) is 2.57. The zero-order valence-electron chi connectivity index (χ0n) is 8.38. The minimum atomic E-state index is -0.191. The van der Waals surface area contributed by atoms with E-state index >= 15 is 0 Å². The van der Waals surface area contributed by atoms with E-state index in [9.17, 15) is 5.02 Å². The molecule has 1 aromatic rings. The van der Waals surface area contributed by atoms with Crippen molar-refractivity contribution in [2.75, 3.05) is 13.6 Å². The van der Waals surface area contributed by atoms with E-state index in [1.165, 1.54) is 11.1 Å². The third-order valence-electron chi connectivity index (χ3n) is 2.65. The molecule has 1 atom stereocenters. The van der Waals surface area contributed by atoms with Gasteiger partial charge in [0.15, 0.2) is 0 Å². The summed E-state index contributed by atoms with van der Waals surface area (Å²) >= 11 is 0. The van der Waals surface area contributed by atoms with Crippen LogP contribution in [0.25, 0.3) is 0 Å². The third-order valence-corrected chi connectivity index (χ3v) is 3.93. The molecule has 0 amide bonds. The van der Waals surface area contributed by atoms with Gasteiger partial charge in [-0.1, -0.05) is 18.2 Å². The van der Waals surface area contributed by atoms with Crippen molar-refractivity contribution in [1.82, 2.24) is 5.32 Å². The first kappa shape index (κ1) is 10.2. The molecule has 0 saturated heterocycles. The van der Waals surface area contributed by atoms with Crippen LogP contribution in [-0.2, 0) is 12.6 Å². The molecule has 14 heavy (non-hydrogen) atoms. The van der Waals surface area contributed by atoms with E-state index in [1.54, 1.807) is 0 Å². The van der Waals surface area contributed by atoms with Gasteiger partial charge in [-0.05, 0) is 42.8 Å². The number of fused-ring (bicyclic) bond motifs is 1. The molecule has 1 aromatic carbocycles. The first-order chi connectivity index (χ1) is 6.81. The smallest absolute Gasteiger partial charge is 0.350 e. The molecule has 4 heteroatoms. The quantitative estimate of drug-likeness (QED) is 0.552. The van der Waals surface area contributed by atoms with Crippen LogP contribution in [0.3, 0.4) is 0 Å². The molecule has 1 heterocycles. The lowest BCUT2D eigenvalue weighted by atomic mass is 9.83. The van der Waals surface area contributed by atoms with Gasteiger partial charge in [0, 0.05) is 0 Å². The largest absolute Gasteiger partial charge is 0.443 e. The Morgan fingerprint density at radius 1 is 1.57 bits per heavy atom. The Labute approximate surface area is 87.0 Å². The highest BCUT2D eigenvalue weighted by Gasteiger charge is 2.24. The molecule has 1 aliphatic heterocycles. The summed E-state index contributed by atoms with van der Waals surface area (Å²) in [5.41, 5.74) is 3.87. The van der Waals surface area contributed by atoms with Gasteiger partial charge in [0.2, 0.25) is 0 Å². The van der Waals surface area contributed by atoms with Crippen LogP contribution >= 0.6 is 8.46 Å². The van der Waals surface area contributed by atoms with Crippen LogP contribution in [0.15, 0.2) is 18.2 Å². The Balaban J connectivity index is 2.15. The van der Waals surface area contributed by atoms with Crippen LogP contribution in [-0.4, -0.2) is 25.3 Å². The summed E-state index contributed by atoms with van der Waals surface area (Å²) < 4.78 is 0. The molecule has 0 aromatic heterocycles. The van der Waals surface area contributed by atoms with E-state index in [4.69, 9.17) is 0 Å². The van der Waals surface area contributed by atoms with Gasteiger partial charge in [-0.3, -0.25) is 0 Å². The van der Waals surface area contributed by atoms with Gasteiger partial charge >= 0.3 is 6.64 Å². The summed E-state index contributed by atoms with van der Waals surface area (Å²) in [4.78, 5) is 0. The summed E-state index contributed by atoms with van der Waals surface area (Å²) in [5.74, 6) is 0. The second-order valence-electron chi connectivity index (χ2n) is 3.67. The van der Waals surface area contributed by atoms with Crippen LogP contribution < -0.4 is 10.8 Å². The van der Waals surface area contributed by atoms with Crippen molar-refractivity contribution in [2.24, 2.45) is 0 Å². The molecule has 74 valence electrons. The number of rotatable bonds is 3. The van der Waals surface area contributed by atoms with E-state index in [1.807, 2.05) is 7.05 Å². The monoisotopic (exact) mass is 207 g/mol. The Morgan fingerprint density at radius 3 is 3.21 bits per heavy atom. The van der Waals surface area contributed by atoms with E-state index in [0.717, 1.165) is 24.6 Å². The van der Waals surface area contributed by atoms with Crippen LogP contribution in [0, 0.1) is 0 Å². The van der Waals surface area contributed by atoms with Crippen molar-refractivity contribution < 1.29 is 5.02 Å². The van der Waals surface area contributed by atoms with Crippen LogP contribution in [0.5, 0.6) is 0 Å². The molecule has 2 nitrogen and oxygen atoms in total. The molecule has 2 N–H and O–H groups in total. The molecule has 0 spiro atoms. The Kier molecular flexibility index (Phi) is 3.22. The maximum atomic E-state index is 9.65. The lowest BCUT2D eigenvalue weighted by Gasteiger charge is -2.04. The van der Waals surface area contributed by atoms with Gasteiger partial charge in [-0.2, -0.15) is 0 Å². The number of likely N-dealkylation sites (N-methyl/N-ethyl adjacent to an activating group) is 1. The highest BCUT2D eigenvalue weighted by Crippen LogP contribution is 2.28. The van der Waals surface area contributed by atoms with Gasteiger partial charge in [-0.15, -0.1) is 8.46 Å². The fourth-order valence-corrected chi connectivity index (χ4v) is 3.04. The van der Waals surface area contributed by atoms with E-state index in [0.29, 0.717) is 8.46 Å². The minimum Gasteiger partial charge on any atom is -0.443 e. The van der Waals surface area contributed by atoms with Gasteiger partial charge in [0.1, 0.15) is 0 Å². The first-order valence-electron chi connectivity index (χ1n) is 4.99. The zero-order chi connectivity index (χ0) is 9.97. The molecule has 0 saturated carbocycles. The average molecular weight is 207 g/mol.